The van der Waals surface area contributed by atoms with Gasteiger partial charge in [-0.2, -0.15) is 0 Å². The van der Waals surface area contributed by atoms with Gasteiger partial charge >= 0.3 is 0 Å². The van der Waals surface area contributed by atoms with Crippen molar-refractivity contribution < 1.29 is 9.53 Å². The Morgan fingerprint density at radius 1 is 1.27 bits per heavy atom. The first-order valence-electron chi connectivity index (χ1n) is 8.95. The third-order valence-corrected chi connectivity index (χ3v) is 4.27. The summed E-state index contributed by atoms with van der Waals surface area (Å²) in [4.78, 5) is 16.6. The van der Waals surface area contributed by atoms with Crippen molar-refractivity contribution in [1.82, 2.24) is 14.7 Å². The quantitative estimate of drug-likeness (QED) is 0.709. The van der Waals surface area contributed by atoms with Crippen molar-refractivity contribution in [2.75, 3.05) is 13.2 Å². The standard InChI is InChI=1S/C21H25N3O2/c1-15(2)18-8-7-16(3)12-19(18)26-14-21(25)22-10-9-17-13-24-11-5-4-6-20(24)23-17/h4-8,11-13,15H,9-10,14H2,1-3H3,(H,22,25). The average molecular weight is 351 g/mol. The molecule has 0 radical (unpaired) electrons. The van der Waals surface area contributed by atoms with Crippen molar-refractivity contribution in [3.8, 4) is 5.75 Å². The van der Waals surface area contributed by atoms with Gasteiger partial charge in [-0.15, -0.1) is 0 Å². The number of carbonyl (C=O) groups is 1. The minimum Gasteiger partial charge on any atom is -0.483 e. The smallest absolute Gasteiger partial charge is 0.257 e. The molecule has 1 amide bonds. The topological polar surface area (TPSA) is 55.6 Å². The number of benzene rings is 1. The molecule has 1 aromatic carbocycles. The Hall–Kier alpha value is -2.82. The van der Waals surface area contributed by atoms with Gasteiger partial charge in [0, 0.05) is 25.4 Å². The number of nitrogens with one attached hydrogen (secondary N) is 1. The lowest BCUT2D eigenvalue weighted by atomic mass is 10.0. The predicted molar refractivity (Wildman–Crippen MR) is 103 cm³/mol. The number of aryl methyl sites for hydroxylation is 1. The van der Waals surface area contributed by atoms with Crippen LogP contribution in [0.1, 0.15) is 36.6 Å². The second kappa shape index (κ2) is 8.04. The number of nitrogens with zero attached hydrogens (tertiary/aromatic N) is 2. The van der Waals surface area contributed by atoms with E-state index in [0.717, 1.165) is 28.2 Å². The molecule has 136 valence electrons. The first kappa shape index (κ1) is 18.0. The molecule has 0 spiro atoms. The van der Waals surface area contributed by atoms with Gasteiger partial charge in [0.25, 0.3) is 5.91 Å². The van der Waals surface area contributed by atoms with E-state index in [1.165, 1.54) is 0 Å². The molecular formula is C21H25N3O2. The first-order chi connectivity index (χ1) is 12.5. The molecule has 2 heterocycles. The molecule has 3 rings (SSSR count). The highest BCUT2D eigenvalue weighted by Gasteiger charge is 2.10. The number of rotatable bonds is 7. The maximum absolute atomic E-state index is 12.1. The molecule has 0 saturated carbocycles. The Kier molecular flexibility index (Phi) is 5.56. The second-order valence-corrected chi connectivity index (χ2v) is 6.78. The number of hydrogen-bond acceptors (Lipinski definition) is 3. The van der Waals surface area contributed by atoms with Crippen LogP contribution in [-0.2, 0) is 11.2 Å². The van der Waals surface area contributed by atoms with Gasteiger partial charge in [-0.25, -0.2) is 4.98 Å². The van der Waals surface area contributed by atoms with Crippen LogP contribution in [0.2, 0.25) is 0 Å². The van der Waals surface area contributed by atoms with Crippen LogP contribution in [0.3, 0.4) is 0 Å². The number of carbonyl (C=O) groups excluding carboxylic acids is 1. The lowest BCUT2D eigenvalue weighted by Gasteiger charge is -2.14. The third-order valence-electron chi connectivity index (χ3n) is 4.27. The van der Waals surface area contributed by atoms with Crippen molar-refractivity contribution in [1.29, 1.82) is 0 Å². The lowest BCUT2D eigenvalue weighted by molar-refractivity contribution is -0.123. The minimum absolute atomic E-state index is 0.0222. The maximum atomic E-state index is 12.1. The van der Waals surface area contributed by atoms with Crippen molar-refractivity contribution >= 4 is 11.6 Å². The molecule has 0 unspecified atom stereocenters. The fraction of sp³-hybridized carbons (Fsp3) is 0.333. The number of amides is 1. The van der Waals surface area contributed by atoms with Gasteiger partial charge in [0.15, 0.2) is 6.61 Å². The Balaban J connectivity index is 1.49. The number of fused-ring (bicyclic) bond motifs is 1. The zero-order valence-electron chi connectivity index (χ0n) is 15.5. The summed E-state index contributed by atoms with van der Waals surface area (Å²) in [5, 5.41) is 2.90. The highest BCUT2D eigenvalue weighted by Crippen LogP contribution is 2.27. The molecular weight excluding hydrogens is 326 g/mol. The molecule has 3 aromatic rings. The second-order valence-electron chi connectivity index (χ2n) is 6.78. The summed E-state index contributed by atoms with van der Waals surface area (Å²) in [6, 6.07) is 12.0. The van der Waals surface area contributed by atoms with Crippen molar-refractivity contribution in [2.45, 2.75) is 33.1 Å². The van der Waals surface area contributed by atoms with Gasteiger partial charge in [-0.05, 0) is 42.2 Å². The highest BCUT2D eigenvalue weighted by atomic mass is 16.5. The van der Waals surface area contributed by atoms with E-state index in [4.69, 9.17) is 4.74 Å². The number of hydrogen-bond donors (Lipinski definition) is 1. The average Bonchev–Trinajstić information content (AvgIpc) is 3.02. The molecule has 5 heteroatoms. The molecule has 26 heavy (non-hydrogen) atoms. The minimum atomic E-state index is -0.120. The van der Waals surface area contributed by atoms with Gasteiger partial charge < -0.3 is 14.5 Å². The zero-order chi connectivity index (χ0) is 18.5. The van der Waals surface area contributed by atoms with Crippen molar-refractivity contribution in [3.63, 3.8) is 0 Å². The molecule has 0 fully saturated rings. The van der Waals surface area contributed by atoms with E-state index in [-0.39, 0.29) is 12.5 Å². The highest BCUT2D eigenvalue weighted by molar-refractivity contribution is 5.77. The van der Waals surface area contributed by atoms with Crippen LogP contribution in [0.25, 0.3) is 5.65 Å². The summed E-state index contributed by atoms with van der Waals surface area (Å²) in [5.74, 6) is 1.02. The SMILES string of the molecule is Cc1ccc(C(C)C)c(OCC(=O)NCCc2cn3ccccc3n2)c1. The van der Waals surface area contributed by atoms with Crippen LogP contribution in [-0.4, -0.2) is 28.4 Å². The summed E-state index contributed by atoms with van der Waals surface area (Å²) in [7, 11) is 0. The lowest BCUT2D eigenvalue weighted by Crippen LogP contribution is -2.30. The van der Waals surface area contributed by atoms with Gasteiger partial charge in [-0.3, -0.25) is 4.79 Å². The van der Waals surface area contributed by atoms with Crippen molar-refractivity contribution in [2.24, 2.45) is 0 Å². The fourth-order valence-corrected chi connectivity index (χ4v) is 2.88. The van der Waals surface area contributed by atoms with Crippen molar-refractivity contribution in [3.05, 3.63) is 65.6 Å². The molecule has 0 aliphatic heterocycles. The fourth-order valence-electron chi connectivity index (χ4n) is 2.88. The van der Waals surface area contributed by atoms with Gasteiger partial charge in [-0.1, -0.05) is 32.0 Å². The Morgan fingerprint density at radius 3 is 2.88 bits per heavy atom. The van der Waals surface area contributed by atoms with Crippen LogP contribution in [0.5, 0.6) is 5.75 Å². The number of aromatic nitrogens is 2. The number of imidazole rings is 1. The van der Waals surface area contributed by atoms with Crippen LogP contribution >= 0.6 is 0 Å². The molecule has 2 aromatic heterocycles. The molecule has 0 bridgehead atoms. The van der Waals surface area contributed by atoms with E-state index in [9.17, 15) is 4.79 Å². The summed E-state index contributed by atoms with van der Waals surface area (Å²) in [6.45, 7) is 6.82. The largest absolute Gasteiger partial charge is 0.483 e. The van der Waals surface area contributed by atoms with E-state index >= 15 is 0 Å². The molecule has 5 nitrogen and oxygen atoms in total. The molecule has 1 N–H and O–H groups in total. The maximum Gasteiger partial charge on any atom is 0.257 e. The summed E-state index contributed by atoms with van der Waals surface area (Å²) in [6.07, 6.45) is 4.64. The summed E-state index contributed by atoms with van der Waals surface area (Å²) < 4.78 is 7.74. The van der Waals surface area contributed by atoms with Crippen LogP contribution < -0.4 is 10.1 Å². The third kappa shape index (κ3) is 4.42. The first-order valence-corrected chi connectivity index (χ1v) is 8.95. The summed E-state index contributed by atoms with van der Waals surface area (Å²) in [5.41, 5.74) is 4.11. The van der Waals surface area contributed by atoms with Gasteiger partial charge in [0.2, 0.25) is 0 Å². The predicted octanol–water partition coefficient (Wildman–Crippen LogP) is 3.50. The Morgan fingerprint density at radius 2 is 2.12 bits per heavy atom. The van der Waals surface area contributed by atoms with E-state index in [0.29, 0.717) is 18.9 Å². The van der Waals surface area contributed by atoms with E-state index < -0.39 is 0 Å². The molecule has 0 aliphatic rings. The van der Waals surface area contributed by atoms with E-state index in [2.05, 4.69) is 36.3 Å². The summed E-state index contributed by atoms with van der Waals surface area (Å²) >= 11 is 0. The van der Waals surface area contributed by atoms with E-state index in [1.54, 1.807) is 0 Å². The van der Waals surface area contributed by atoms with Gasteiger partial charge in [0.1, 0.15) is 11.4 Å². The number of ether oxygens (including phenoxy) is 1. The monoisotopic (exact) mass is 351 g/mol. The normalized spacial score (nSPS) is 11.1. The zero-order valence-corrected chi connectivity index (χ0v) is 15.5. The van der Waals surface area contributed by atoms with E-state index in [1.807, 2.05) is 48.0 Å². The molecule has 0 aliphatic carbocycles. The van der Waals surface area contributed by atoms with Crippen LogP contribution in [0, 0.1) is 6.92 Å². The number of pyridine rings is 1. The van der Waals surface area contributed by atoms with Crippen LogP contribution in [0.4, 0.5) is 0 Å². The molecule has 0 saturated heterocycles. The molecule has 0 atom stereocenters. The Bertz CT molecular complexity index is 866. The Labute approximate surface area is 154 Å². The van der Waals surface area contributed by atoms with Crippen LogP contribution in [0.15, 0.2) is 48.8 Å². The van der Waals surface area contributed by atoms with Gasteiger partial charge in [0.05, 0.1) is 5.69 Å².